The fourth-order valence-electron chi connectivity index (χ4n) is 2.65. The van der Waals surface area contributed by atoms with E-state index in [2.05, 4.69) is 4.99 Å². The van der Waals surface area contributed by atoms with Gasteiger partial charge in [0.2, 0.25) is 0 Å². The molecule has 2 saturated heterocycles. The van der Waals surface area contributed by atoms with Gasteiger partial charge in [0.25, 0.3) is 11.8 Å². The molecule has 0 N–H and O–H groups in total. The van der Waals surface area contributed by atoms with E-state index in [-0.39, 0.29) is 18.4 Å². The van der Waals surface area contributed by atoms with Crippen LogP contribution in [0.4, 0.5) is 0 Å². The molecular formula is C16H17ClN2O3. The summed E-state index contributed by atoms with van der Waals surface area (Å²) in [6.45, 7) is 1.34. The standard InChI is InChI=1S/C16H17ClN2O3/c17-13-14(18-9-12-7-4-8-22-12)16(21)19(15(13)20)10-11-5-2-1-3-6-11/h1-3,5-6,12-13H,4,7-10H2/t12-,13?/m0/s1. The lowest BCUT2D eigenvalue weighted by Gasteiger charge is -2.13. The van der Waals surface area contributed by atoms with Crippen LogP contribution < -0.4 is 0 Å². The molecule has 1 aromatic rings. The Kier molecular flexibility index (Phi) is 4.55. The van der Waals surface area contributed by atoms with Gasteiger partial charge in [0.1, 0.15) is 5.71 Å². The number of likely N-dealkylation sites (tertiary alicyclic amines) is 1. The number of halogens is 1. The predicted octanol–water partition coefficient (Wildman–Crippen LogP) is 1.78. The SMILES string of the molecule is O=C1C(=NC[C@@H]2CCCO2)C(Cl)C(=O)N1Cc1ccccc1. The molecule has 116 valence electrons. The average molecular weight is 321 g/mol. The second kappa shape index (κ2) is 6.58. The van der Waals surface area contributed by atoms with Crippen molar-refractivity contribution in [1.82, 2.24) is 4.90 Å². The minimum atomic E-state index is -0.988. The minimum Gasteiger partial charge on any atom is -0.376 e. The first kappa shape index (κ1) is 15.2. The number of imide groups is 1. The number of hydrogen-bond acceptors (Lipinski definition) is 4. The molecule has 1 aromatic carbocycles. The van der Waals surface area contributed by atoms with Crippen LogP contribution in [-0.4, -0.2) is 47.1 Å². The number of amides is 2. The van der Waals surface area contributed by atoms with Gasteiger partial charge in [0.15, 0.2) is 5.38 Å². The molecule has 2 aliphatic rings. The van der Waals surface area contributed by atoms with Crippen molar-refractivity contribution in [2.24, 2.45) is 4.99 Å². The molecule has 22 heavy (non-hydrogen) atoms. The fraction of sp³-hybridized carbons (Fsp3) is 0.438. The Morgan fingerprint density at radius 1 is 1.27 bits per heavy atom. The van der Waals surface area contributed by atoms with E-state index in [0.717, 1.165) is 25.0 Å². The third-order valence-electron chi connectivity index (χ3n) is 3.86. The van der Waals surface area contributed by atoms with E-state index in [4.69, 9.17) is 16.3 Å². The zero-order chi connectivity index (χ0) is 15.5. The van der Waals surface area contributed by atoms with E-state index >= 15 is 0 Å². The summed E-state index contributed by atoms with van der Waals surface area (Å²) in [6.07, 6.45) is 1.97. The zero-order valence-corrected chi connectivity index (χ0v) is 12.8. The lowest BCUT2D eigenvalue weighted by atomic mass is 10.2. The maximum atomic E-state index is 12.4. The Morgan fingerprint density at radius 2 is 2.05 bits per heavy atom. The Hall–Kier alpha value is -1.72. The van der Waals surface area contributed by atoms with Crippen LogP contribution in [0.3, 0.4) is 0 Å². The molecule has 2 fully saturated rings. The van der Waals surface area contributed by atoms with Crippen LogP contribution in [-0.2, 0) is 20.9 Å². The summed E-state index contributed by atoms with van der Waals surface area (Å²) in [5.41, 5.74) is 1.02. The van der Waals surface area contributed by atoms with Crippen molar-refractivity contribution in [2.45, 2.75) is 30.9 Å². The van der Waals surface area contributed by atoms with Crippen LogP contribution in [0.25, 0.3) is 0 Å². The highest BCUT2D eigenvalue weighted by atomic mass is 35.5. The van der Waals surface area contributed by atoms with Gasteiger partial charge in [-0.3, -0.25) is 19.5 Å². The van der Waals surface area contributed by atoms with Crippen molar-refractivity contribution in [3.05, 3.63) is 35.9 Å². The Bertz CT molecular complexity index is 597. The van der Waals surface area contributed by atoms with E-state index < -0.39 is 17.2 Å². The quantitative estimate of drug-likeness (QED) is 0.627. The highest BCUT2D eigenvalue weighted by Gasteiger charge is 2.43. The maximum Gasteiger partial charge on any atom is 0.276 e. The number of benzene rings is 1. The molecule has 0 saturated carbocycles. The lowest BCUT2D eigenvalue weighted by Crippen LogP contribution is -2.30. The Balaban J connectivity index is 1.72. The molecule has 1 unspecified atom stereocenters. The van der Waals surface area contributed by atoms with Crippen LogP contribution in [0.2, 0.25) is 0 Å². The maximum absolute atomic E-state index is 12.4. The van der Waals surface area contributed by atoms with Gasteiger partial charge in [-0.05, 0) is 18.4 Å². The number of hydrogen-bond donors (Lipinski definition) is 0. The number of alkyl halides is 1. The molecule has 2 heterocycles. The molecule has 0 aromatic heterocycles. The topological polar surface area (TPSA) is 59.0 Å². The molecule has 0 spiro atoms. The number of carbonyl (C=O) groups is 2. The van der Waals surface area contributed by atoms with Crippen molar-refractivity contribution in [2.75, 3.05) is 13.2 Å². The van der Waals surface area contributed by atoms with Crippen LogP contribution in [0.15, 0.2) is 35.3 Å². The molecule has 0 radical (unpaired) electrons. The second-order valence-corrected chi connectivity index (χ2v) is 5.88. The van der Waals surface area contributed by atoms with E-state index in [9.17, 15) is 9.59 Å². The molecule has 2 atom stereocenters. The summed E-state index contributed by atoms with van der Waals surface area (Å²) in [7, 11) is 0. The van der Waals surface area contributed by atoms with Crippen LogP contribution in [0.5, 0.6) is 0 Å². The van der Waals surface area contributed by atoms with Crippen LogP contribution >= 0.6 is 11.6 Å². The second-order valence-electron chi connectivity index (χ2n) is 5.44. The lowest BCUT2D eigenvalue weighted by molar-refractivity contribution is -0.137. The van der Waals surface area contributed by atoms with Gasteiger partial charge in [-0.2, -0.15) is 0 Å². The third-order valence-corrected chi connectivity index (χ3v) is 4.25. The molecule has 2 aliphatic heterocycles. The molecule has 2 amide bonds. The van der Waals surface area contributed by atoms with Gasteiger partial charge in [-0.1, -0.05) is 30.3 Å². The van der Waals surface area contributed by atoms with Gasteiger partial charge in [-0.25, -0.2) is 0 Å². The smallest absolute Gasteiger partial charge is 0.276 e. The summed E-state index contributed by atoms with van der Waals surface area (Å²) in [6, 6.07) is 9.35. The van der Waals surface area contributed by atoms with E-state index in [1.165, 1.54) is 4.90 Å². The van der Waals surface area contributed by atoms with Gasteiger partial charge >= 0.3 is 0 Å². The van der Waals surface area contributed by atoms with Crippen LogP contribution in [0, 0.1) is 0 Å². The molecular weight excluding hydrogens is 304 g/mol. The van der Waals surface area contributed by atoms with Crippen molar-refractivity contribution >= 4 is 29.1 Å². The normalized spacial score (nSPS) is 27.1. The number of nitrogens with zero attached hydrogens (tertiary/aromatic N) is 2. The number of carbonyl (C=O) groups excluding carboxylic acids is 2. The van der Waals surface area contributed by atoms with Crippen LogP contribution in [0.1, 0.15) is 18.4 Å². The third kappa shape index (κ3) is 3.05. The van der Waals surface area contributed by atoms with Gasteiger partial charge in [-0.15, -0.1) is 11.6 Å². The monoisotopic (exact) mass is 320 g/mol. The van der Waals surface area contributed by atoms with Crippen molar-refractivity contribution < 1.29 is 14.3 Å². The van der Waals surface area contributed by atoms with Crippen molar-refractivity contribution in [3.63, 3.8) is 0 Å². The molecule has 3 rings (SSSR count). The first-order chi connectivity index (χ1) is 10.7. The largest absolute Gasteiger partial charge is 0.376 e. The summed E-state index contributed by atoms with van der Waals surface area (Å²) in [4.78, 5) is 30.0. The summed E-state index contributed by atoms with van der Waals surface area (Å²) >= 11 is 6.09. The number of ether oxygens (including phenoxy) is 1. The summed E-state index contributed by atoms with van der Waals surface area (Å²) < 4.78 is 5.47. The van der Waals surface area contributed by atoms with Gasteiger partial charge in [0, 0.05) is 6.61 Å². The van der Waals surface area contributed by atoms with E-state index in [1.807, 2.05) is 30.3 Å². The predicted molar refractivity (Wildman–Crippen MR) is 82.9 cm³/mol. The minimum absolute atomic E-state index is 0.0300. The average Bonchev–Trinajstić information content (AvgIpc) is 3.11. The molecule has 0 bridgehead atoms. The molecule has 5 nitrogen and oxygen atoms in total. The first-order valence-electron chi connectivity index (χ1n) is 7.36. The highest BCUT2D eigenvalue weighted by Crippen LogP contribution is 2.20. The highest BCUT2D eigenvalue weighted by molar-refractivity contribution is 6.63. The van der Waals surface area contributed by atoms with E-state index in [1.54, 1.807) is 0 Å². The zero-order valence-electron chi connectivity index (χ0n) is 12.1. The number of rotatable bonds is 4. The first-order valence-corrected chi connectivity index (χ1v) is 7.80. The molecule has 6 heteroatoms. The van der Waals surface area contributed by atoms with Gasteiger partial charge < -0.3 is 4.74 Å². The summed E-state index contributed by atoms with van der Waals surface area (Å²) in [5, 5.41) is -0.988. The van der Waals surface area contributed by atoms with Crippen molar-refractivity contribution in [1.29, 1.82) is 0 Å². The molecule has 0 aliphatic carbocycles. The Labute approximate surface area is 133 Å². The van der Waals surface area contributed by atoms with Crippen molar-refractivity contribution in [3.8, 4) is 0 Å². The summed E-state index contributed by atoms with van der Waals surface area (Å²) in [5.74, 6) is -0.798. The fourth-order valence-corrected chi connectivity index (χ4v) is 2.93. The Morgan fingerprint density at radius 3 is 2.73 bits per heavy atom. The van der Waals surface area contributed by atoms with E-state index in [0.29, 0.717) is 6.54 Å². The van der Waals surface area contributed by atoms with Gasteiger partial charge in [0.05, 0.1) is 19.2 Å². The number of aliphatic imine (C=N–C) groups is 1.